The summed E-state index contributed by atoms with van der Waals surface area (Å²) in [5.74, 6) is -0.0491. The summed E-state index contributed by atoms with van der Waals surface area (Å²) in [5, 5.41) is -0.576. The van der Waals surface area contributed by atoms with Crippen molar-refractivity contribution in [3.63, 3.8) is 0 Å². The number of ketones is 1. The molecule has 0 heterocycles. The number of anilines is 1. The molecule has 0 aliphatic carbocycles. The van der Waals surface area contributed by atoms with Crippen LogP contribution >= 0.6 is 11.6 Å². The average molecular weight is 212 g/mol. The van der Waals surface area contributed by atoms with Gasteiger partial charge in [0, 0.05) is 5.69 Å². The summed E-state index contributed by atoms with van der Waals surface area (Å²) in [6.07, 6.45) is 0.790. The molecular weight excluding hydrogens is 198 g/mol. The minimum absolute atomic E-state index is 0.0491. The zero-order chi connectivity index (χ0) is 10.7. The van der Waals surface area contributed by atoms with Crippen LogP contribution < -0.4 is 5.73 Å². The van der Waals surface area contributed by atoms with Gasteiger partial charge in [0.1, 0.15) is 5.38 Å². The summed E-state index contributed by atoms with van der Waals surface area (Å²) in [7, 11) is 0. The highest BCUT2D eigenvalue weighted by Crippen LogP contribution is 2.28. The topological polar surface area (TPSA) is 43.1 Å². The number of carbonyl (C=O) groups excluding carboxylic acids is 1. The molecule has 0 bridgehead atoms. The Balaban J connectivity index is 3.20. The number of carbonyl (C=O) groups is 1. The second-order valence-electron chi connectivity index (χ2n) is 3.24. The molecule has 2 N–H and O–H groups in total. The van der Waals surface area contributed by atoms with Gasteiger partial charge in [-0.1, -0.05) is 19.1 Å². The first kappa shape index (κ1) is 11.1. The van der Waals surface area contributed by atoms with Gasteiger partial charge < -0.3 is 5.73 Å². The summed E-state index contributed by atoms with van der Waals surface area (Å²) >= 11 is 5.99. The van der Waals surface area contributed by atoms with Crippen molar-refractivity contribution >= 4 is 23.1 Å². The molecule has 0 amide bonds. The lowest BCUT2D eigenvalue weighted by Gasteiger charge is -2.13. The molecular formula is C11H14ClNO. The van der Waals surface area contributed by atoms with Crippen LogP contribution in [0, 0.1) is 0 Å². The Morgan fingerprint density at radius 2 is 2.21 bits per heavy atom. The first-order valence-corrected chi connectivity index (χ1v) is 5.03. The van der Waals surface area contributed by atoms with Gasteiger partial charge in [-0.05, 0) is 30.5 Å². The number of Topliss-reactive ketones (excluding diaryl/α,β-unsaturated/α-hetero) is 1. The SMILES string of the molecule is CCc1c(N)cccc1C(Cl)C(C)=O. The summed E-state index contributed by atoms with van der Waals surface area (Å²) in [6.45, 7) is 3.49. The Morgan fingerprint density at radius 3 is 2.71 bits per heavy atom. The first-order valence-electron chi connectivity index (χ1n) is 4.59. The molecule has 0 saturated heterocycles. The van der Waals surface area contributed by atoms with Crippen LogP contribution in [0.4, 0.5) is 5.69 Å². The molecule has 0 fully saturated rings. The Kier molecular flexibility index (Phi) is 3.53. The van der Waals surface area contributed by atoms with Crippen LogP contribution in [0.25, 0.3) is 0 Å². The molecule has 1 aromatic rings. The van der Waals surface area contributed by atoms with Crippen molar-refractivity contribution in [2.75, 3.05) is 5.73 Å². The van der Waals surface area contributed by atoms with Crippen LogP contribution in [0.15, 0.2) is 18.2 Å². The van der Waals surface area contributed by atoms with E-state index in [2.05, 4.69) is 0 Å². The Hall–Kier alpha value is -1.02. The van der Waals surface area contributed by atoms with E-state index in [4.69, 9.17) is 17.3 Å². The normalized spacial score (nSPS) is 12.5. The summed E-state index contributed by atoms with van der Waals surface area (Å²) < 4.78 is 0. The molecule has 0 radical (unpaired) electrons. The van der Waals surface area contributed by atoms with Crippen LogP contribution in [-0.4, -0.2) is 5.78 Å². The van der Waals surface area contributed by atoms with Gasteiger partial charge in [-0.3, -0.25) is 4.79 Å². The third kappa shape index (κ3) is 2.07. The third-order valence-electron chi connectivity index (χ3n) is 2.23. The number of halogens is 1. The van der Waals surface area contributed by atoms with Gasteiger partial charge in [0.25, 0.3) is 0 Å². The minimum Gasteiger partial charge on any atom is -0.398 e. The van der Waals surface area contributed by atoms with Crippen LogP contribution in [0.1, 0.15) is 30.4 Å². The lowest BCUT2D eigenvalue weighted by Crippen LogP contribution is -2.06. The van der Waals surface area contributed by atoms with Gasteiger partial charge in [0.15, 0.2) is 5.78 Å². The van der Waals surface area contributed by atoms with E-state index in [1.807, 2.05) is 25.1 Å². The van der Waals surface area contributed by atoms with Gasteiger partial charge >= 0.3 is 0 Å². The van der Waals surface area contributed by atoms with Gasteiger partial charge in [0.05, 0.1) is 0 Å². The van der Waals surface area contributed by atoms with Crippen molar-refractivity contribution in [3.8, 4) is 0 Å². The number of benzene rings is 1. The Labute approximate surface area is 89.1 Å². The summed E-state index contributed by atoms with van der Waals surface area (Å²) in [4.78, 5) is 11.2. The molecule has 0 spiro atoms. The predicted octanol–water partition coefficient (Wildman–Crippen LogP) is 2.70. The maximum atomic E-state index is 11.2. The fourth-order valence-electron chi connectivity index (χ4n) is 1.49. The van der Waals surface area contributed by atoms with Crippen LogP contribution in [0.3, 0.4) is 0 Å². The fraction of sp³-hybridized carbons (Fsp3) is 0.364. The standard InChI is InChI=1S/C11H14ClNO/c1-3-8-9(11(12)7(2)14)5-4-6-10(8)13/h4-6,11H,3,13H2,1-2H3. The molecule has 14 heavy (non-hydrogen) atoms. The van der Waals surface area contributed by atoms with E-state index in [0.717, 1.165) is 17.5 Å². The largest absolute Gasteiger partial charge is 0.398 e. The van der Waals surface area contributed by atoms with E-state index < -0.39 is 5.38 Å². The van der Waals surface area contributed by atoms with Crippen LogP contribution in [0.2, 0.25) is 0 Å². The van der Waals surface area contributed by atoms with Crippen molar-refractivity contribution in [1.29, 1.82) is 0 Å². The third-order valence-corrected chi connectivity index (χ3v) is 2.77. The van der Waals surface area contributed by atoms with Crippen LogP contribution in [-0.2, 0) is 11.2 Å². The first-order chi connectivity index (χ1) is 6.57. The van der Waals surface area contributed by atoms with Crippen molar-refractivity contribution in [2.45, 2.75) is 25.6 Å². The van der Waals surface area contributed by atoms with Crippen molar-refractivity contribution in [1.82, 2.24) is 0 Å². The molecule has 3 heteroatoms. The quantitative estimate of drug-likeness (QED) is 0.617. The zero-order valence-electron chi connectivity index (χ0n) is 8.38. The molecule has 1 atom stereocenters. The highest BCUT2D eigenvalue weighted by molar-refractivity contribution is 6.31. The minimum atomic E-state index is -0.576. The molecule has 1 aromatic carbocycles. The molecule has 2 nitrogen and oxygen atoms in total. The fourth-order valence-corrected chi connectivity index (χ4v) is 1.69. The number of hydrogen-bond acceptors (Lipinski definition) is 2. The van der Waals surface area contributed by atoms with Crippen molar-refractivity contribution in [3.05, 3.63) is 29.3 Å². The summed E-state index contributed by atoms with van der Waals surface area (Å²) in [5.41, 5.74) is 8.31. The van der Waals surface area contributed by atoms with Gasteiger partial charge in [-0.15, -0.1) is 11.6 Å². The molecule has 0 saturated carbocycles. The lowest BCUT2D eigenvalue weighted by molar-refractivity contribution is -0.116. The van der Waals surface area contributed by atoms with E-state index in [9.17, 15) is 4.79 Å². The smallest absolute Gasteiger partial charge is 0.152 e. The Morgan fingerprint density at radius 1 is 1.57 bits per heavy atom. The molecule has 0 aliphatic rings. The number of hydrogen-bond donors (Lipinski definition) is 1. The van der Waals surface area contributed by atoms with E-state index in [1.165, 1.54) is 6.92 Å². The number of nitrogen functional groups attached to an aromatic ring is 1. The second kappa shape index (κ2) is 4.47. The van der Waals surface area contributed by atoms with Gasteiger partial charge in [-0.25, -0.2) is 0 Å². The van der Waals surface area contributed by atoms with Crippen molar-refractivity contribution < 1.29 is 4.79 Å². The lowest BCUT2D eigenvalue weighted by atomic mass is 9.99. The molecule has 1 unspecified atom stereocenters. The molecule has 1 rings (SSSR count). The van der Waals surface area contributed by atoms with Gasteiger partial charge in [0.2, 0.25) is 0 Å². The molecule has 0 aromatic heterocycles. The molecule has 0 aliphatic heterocycles. The van der Waals surface area contributed by atoms with E-state index >= 15 is 0 Å². The maximum Gasteiger partial charge on any atom is 0.152 e. The van der Waals surface area contributed by atoms with Crippen molar-refractivity contribution in [2.24, 2.45) is 0 Å². The predicted molar refractivity (Wildman–Crippen MR) is 59.5 cm³/mol. The highest BCUT2D eigenvalue weighted by Gasteiger charge is 2.17. The molecule has 76 valence electrons. The number of rotatable bonds is 3. The monoisotopic (exact) mass is 211 g/mol. The van der Waals surface area contributed by atoms with Crippen LogP contribution in [0.5, 0.6) is 0 Å². The number of alkyl halides is 1. The maximum absolute atomic E-state index is 11.2. The van der Waals surface area contributed by atoms with E-state index in [-0.39, 0.29) is 5.78 Å². The summed E-state index contributed by atoms with van der Waals surface area (Å²) in [6, 6.07) is 5.50. The number of nitrogens with two attached hydrogens (primary N) is 1. The van der Waals surface area contributed by atoms with Gasteiger partial charge in [-0.2, -0.15) is 0 Å². The highest BCUT2D eigenvalue weighted by atomic mass is 35.5. The average Bonchev–Trinajstić information content (AvgIpc) is 2.16. The van der Waals surface area contributed by atoms with E-state index in [1.54, 1.807) is 0 Å². The zero-order valence-corrected chi connectivity index (χ0v) is 9.14. The second-order valence-corrected chi connectivity index (χ2v) is 3.68. The Bertz CT molecular complexity index is 349. The van der Waals surface area contributed by atoms with E-state index in [0.29, 0.717) is 5.69 Å².